The third-order valence-corrected chi connectivity index (χ3v) is 4.73. The SMILES string of the molecule is Cc1ccc(CC(N)Cc2ccc3c(c2)CCC3)cc1C. The minimum absolute atomic E-state index is 0.201. The second-order valence-electron chi connectivity index (χ2n) is 6.54. The summed E-state index contributed by atoms with van der Waals surface area (Å²) in [5, 5.41) is 0. The predicted octanol–water partition coefficient (Wildman–Crippen LogP) is 3.90. The molecule has 0 amide bonds. The van der Waals surface area contributed by atoms with Crippen LogP contribution in [-0.2, 0) is 25.7 Å². The molecule has 2 N–H and O–H groups in total. The molecule has 0 saturated carbocycles. The van der Waals surface area contributed by atoms with Crippen LogP contribution in [0.3, 0.4) is 0 Å². The second-order valence-corrected chi connectivity index (χ2v) is 6.54. The first kappa shape index (κ1) is 14.3. The van der Waals surface area contributed by atoms with Crippen LogP contribution in [-0.4, -0.2) is 6.04 Å². The molecule has 1 nitrogen and oxygen atoms in total. The van der Waals surface area contributed by atoms with Crippen molar-refractivity contribution in [3.63, 3.8) is 0 Å². The van der Waals surface area contributed by atoms with E-state index in [1.54, 1.807) is 11.1 Å². The maximum Gasteiger partial charge on any atom is 0.0120 e. The van der Waals surface area contributed by atoms with Gasteiger partial charge in [-0.25, -0.2) is 0 Å². The molecule has 3 rings (SSSR count). The van der Waals surface area contributed by atoms with E-state index in [1.807, 2.05) is 0 Å². The molecule has 1 atom stereocenters. The molecule has 2 aromatic carbocycles. The number of fused-ring (bicyclic) bond motifs is 1. The van der Waals surface area contributed by atoms with E-state index >= 15 is 0 Å². The van der Waals surface area contributed by atoms with Gasteiger partial charge < -0.3 is 5.73 Å². The van der Waals surface area contributed by atoms with E-state index in [-0.39, 0.29) is 6.04 Å². The minimum Gasteiger partial charge on any atom is -0.327 e. The molecular weight excluding hydrogens is 254 g/mol. The Labute approximate surface area is 128 Å². The van der Waals surface area contributed by atoms with Gasteiger partial charge in [0.15, 0.2) is 0 Å². The van der Waals surface area contributed by atoms with Crippen molar-refractivity contribution in [3.8, 4) is 0 Å². The Morgan fingerprint density at radius 2 is 1.52 bits per heavy atom. The van der Waals surface area contributed by atoms with Crippen LogP contribution in [0.5, 0.6) is 0 Å². The number of rotatable bonds is 4. The summed E-state index contributed by atoms with van der Waals surface area (Å²) in [6.07, 6.45) is 5.74. The van der Waals surface area contributed by atoms with Gasteiger partial charge in [-0.2, -0.15) is 0 Å². The van der Waals surface area contributed by atoms with Crippen LogP contribution in [0.1, 0.15) is 39.8 Å². The van der Waals surface area contributed by atoms with E-state index in [2.05, 4.69) is 50.2 Å². The van der Waals surface area contributed by atoms with E-state index in [4.69, 9.17) is 5.73 Å². The van der Waals surface area contributed by atoms with Gasteiger partial charge in [-0.1, -0.05) is 36.4 Å². The van der Waals surface area contributed by atoms with Crippen LogP contribution in [0.2, 0.25) is 0 Å². The van der Waals surface area contributed by atoms with Crippen molar-refractivity contribution in [2.45, 2.75) is 52.0 Å². The molecule has 0 heterocycles. The summed E-state index contributed by atoms with van der Waals surface area (Å²) < 4.78 is 0. The Balaban J connectivity index is 1.66. The lowest BCUT2D eigenvalue weighted by Gasteiger charge is -2.14. The van der Waals surface area contributed by atoms with Gasteiger partial charge >= 0.3 is 0 Å². The number of hydrogen-bond donors (Lipinski definition) is 1. The van der Waals surface area contributed by atoms with Gasteiger partial charge in [0.2, 0.25) is 0 Å². The van der Waals surface area contributed by atoms with Crippen molar-refractivity contribution < 1.29 is 0 Å². The Kier molecular flexibility index (Phi) is 4.12. The summed E-state index contributed by atoms with van der Waals surface area (Å²) in [5.74, 6) is 0. The summed E-state index contributed by atoms with van der Waals surface area (Å²) in [5.41, 5.74) is 14.9. The van der Waals surface area contributed by atoms with Gasteiger partial charge in [0.25, 0.3) is 0 Å². The molecule has 1 aliphatic rings. The fourth-order valence-electron chi connectivity index (χ4n) is 3.36. The van der Waals surface area contributed by atoms with Gasteiger partial charge in [0, 0.05) is 6.04 Å². The molecular formula is C20H25N. The quantitative estimate of drug-likeness (QED) is 0.902. The highest BCUT2D eigenvalue weighted by Crippen LogP contribution is 2.23. The average Bonchev–Trinajstić information content (AvgIpc) is 2.90. The molecule has 0 aliphatic heterocycles. The molecule has 1 aliphatic carbocycles. The van der Waals surface area contributed by atoms with Crippen molar-refractivity contribution >= 4 is 0 Å². The zero-order chi connectivity index (χ0) is 14.8. The third kappa shape index (κ3) is 3.36. The van der Waals surface area contributed by atoms with Crippen LogP contribution >= 0.6 is 0 Å². The van der Waals surface area contributed by atoms with Gasteiger partial charge in [-0.05, 0) is 79.3 Å². The van der Waals surface area contributed by atoms with Crippen LogP contribution in [0.25, 0.3) is 0 Å². The molecule has 1 heteroatoms. The summed E-state index contributed by atoms with van der Waals surface area (Å²) in [7, 11) is 0. The molecule has 2 aromatic rings. The molecule has 0 spiro atoms. The summed E-state index contributed by atoms with van der Waals surface area (Å²) in [6.45, 7) is 4.33. The highest BCUT2D eigenvalue weighted by atomic mass is 14.6. The van der Waals surface area contributed by atoms with Crippen LogP contribution in [0.4, 0.5) is 0 Å². The number of nitrogens with two attached hydrogens (primary N) is 1. The van der Waals surface area contributed by atoms with Crippen LogP contribution in [0, 0.1) is 13.8 Å². The maximum atomic E-state index is 6.37. The predicted molar refractivity (Wildman–Crippen MR) is 89.8 cm³/mol. The molecule has 0 aromatic heterocycles. The average molecular weight is 279 g/mol. The molecule has 110 valence electrons. The number of benzene rings is 2. The van der Waals surface area contributed by atoms with Crippen molar-refractivity contribution in [1.29, 1.82) is 0 Å². The first-order valence-electron chi connectivity index (χ1n) is 8.04. The van der Waals surface area contributed by atoms with E-state index in [0.29, 0.717) is 0 Å². The highest BCUT2D eigenvalue weighted by Gasteiger charge is 2.12. The normalized spacial score (nSPS) is 15.0. The Morgan fingerprint density at radius 3 is 2.29 bits per heavy atom. The smallest absolute Gasteiger partial charge is 0.0120 e. The maximum absolute atomic E-state index is 6.37. The first-order valence-corrected chi connectivity index (χ1v) is 8.04. The van der Waals surface area contributed by atoms with Crippen molar-refractivity contribution in [3.05, 3.63) is 69.8 Å². The molecule has 0 bridgehead atoms. The largest absolute Gasteiger partial charge is 0.327 e. The van der Waals surface area contributed by atoms with Gasteiger partial charge in [0.1, 0.15) is 0 Å². The highest BCUT2D eigenvalue weighted by molar-refractivity contribution is 5.36. The van der Waals surface area contributed by atoms with Crippen molar-refractivity contribution in [1.82, 2.24) is 0 Å². The van der Waals surface area contributed by atoms with Crippen LogP contribution in [0.15, 0.2) is 36.4 Å². The lowest BCUT2D eigenvalue weighted by Crippen LogP contribution is -2.25. The molecule has 0 saturated heterocycles. The van der Waals surface area contributed by atoms with E-state index in [9.17, 15) is 0 Å². The monoisotopic (exact) mass is 279 g/mol. The van der Waals surface area contributed by atoms with Crippen molar-refractivity contribution in [2.75, 3.05) is 0 Å². The van der Waals surface area contributed by atoms with E-state index < -0.39 is 0 Å². The summed E-state index contributed by atoms with van der Waals surface area (Å²) in [6, 6.07) is 13.8. The Hall–Kier alpha value is -1.60. The second kappa shape index (κ2) is 6.03. The fraction of sp³-hybridized carbons (Fsp3) is 0.400. The number of hydrogen-bond acceptors (Lipinski definition) is 1. The topological polar surface area (TPSA) is 26.0 Å². The third-order valence-electron chi connectivity index (χ3n) is 4.73. The minimum atomic E-state index is 0.201. The van der Waals surface area contributed by atoms with E-state index in [0.717, 1.165) is 12.8 Å². The molecule has 0 fully saturated rings. The lowest BCUT2D eigenvalue weighted by molar-refractivity contribution is 0.664. The van der Waals surface area contributed by atoms with E-state index in [1.165, 1.54) is 41.5 Å². The van der Waals surface area contributed by atoms with Crippen LogP contribution < -0.4 is 5.73 Å². The van der Waals surface area contributed by atoms with Gasteiger partial charge in [-0.15, -0.1) is 0 Å². The first-order chi connectivity index (χ1) is 10.1. The number of aryl methyl sites for hydroxylation is 4. The van der Waals surface area contributed by atoms with Gasteiger partial charge in [0.05, 0.1) is 0 Å². The zero-order valence-electron chi connectivity index (χ0n) is 13.2. The summed E-state index contributed by atoms with van der Waals surface area (Å²) in [4.78, 5) is 0. The molecule has 21 heavy (non-hydrogen) atoms. The van der Waals surface area contributed by atoms with Gasteiger partial charge in [-0.3, -0.25) is 0 Å². The Morgan fingerprint density at radius 1 is 0.857 bits per heavy atom. The fourth-order valence-corrected chi connectivity index (χ4v) is 3.36. The zero-order valence-corrected chi connectivity index (χ0v) is 13.2. The summed E-state index contributed by atoms with van der Waals surface area (Å²) >= 11 is 0. The standard InChI is InChI=1S/C20H25N/c1-14-6-7-16(10-15(14)2)12-20(21)13-17-8-9-18-4-3-5-19(18)11-17/h6-11,20H,3-5,12-13,21H2,1-2H3. The van der Waals surface area contributed by atoms with Crippen molar-refractivity contribution in [2.24, 2.45) is 5.73 Å². The molecule has 0 radical (unpaired) electrons. The lowest BCUT2D eigenvalue weighted by atomic mass is 9.96. The Bertz CT molecular complexity index is 642. The molecule has 1 unspecified atom stereocenters.